The van der Waals surface area contributed by atoms with E-state index < -0.39 is 10.0 Å². The van der Waals surface area contributed by atoms with Crippen LogP contribution in [0.4, 0.5) is 0 Å². The Bertz CT molecular complexity index is 499. The molecule has 0 heterocycles. The van der Waals surface area contributed by atoms with Crippen LogP contribution in [0.25, 0.3) is 0 Å². The van der Waals surface area contributed by atoms with Crippen molar-refractivity contribution in [3.63, 3.8) is 0 Å². The van der Waals surface area contributed by atoms with Crippen molar-refractivity contribution >= 4 is 10.0 Å². The molecule has 108 valence electrons. The molecule has 0 aliphatic heterocycles. The number of hydrogen-bond acceptors (Lipinski definition) is 4. The molecule has 0 radical (unpaired) electrons. The highest BCUT2D eigenvalue weighted by Gasteiger charge is 2.18. The highest BCUT2D eigenvalue weighted by molar-refractivity contribution is 7.89. The number of methoxy groups -OCH3 is 1. The summed E-state index contributed by atoms with van der Waals surface area (Å²) in [6.07, 6.45) is 2.00. The second kappa shape index (κ2) is 7.47. The Labute approximate surface area is 114 Å². The van der Waals surface area contributed by atoms with Crippen molar-refractivity contribution in [2.24, 2.45) is 0 Å². The van der Waals surface area contributed by atoms with E-state index in [1.54, 1.807) is 12.1 Å². The fraction of sp³-hybridized carbons (Fsp3) is 0.538. The third-order valence-corrected chi connectivity index (χ3v) is 4.32. The fourth-order valence-corrected chi connectivity index (χ4v) is 3.04. The lowest BCUT2D eigenvalue weighted by atomic mass is 10.1. The quantitative estimate of drug-likeness (QED) is 0.707. The van der Waals surface area contributed by atoms with Gasteiger partial charge in [0.05, 0.1) is 12.0 Å². The molecule has 6 heteroatoms. The summed E-state index contributed by atoms with van der Waals surface area (Å²) in [4.78, 5) is 0.207. The van der Waals surface area contributed by atoms with Gasteiger partial charge in [0.2, 0.25) is 10.0 Å². The van der Waals surface area contributed by atoms with Crippen molar-refractivity contribution in [3.05, 3.63) is 23.8 Å². The van der Waals surface area contributed by atoms with Gasteiger partial charge in [-0.3, -0.25) is 0 Å². The maximum Gasteiger partial charge on any atom is 0.240 e. The first-order valence-electron chi connectivity index (χ1n) is 6.32. The van der Waals surface area contributed by atoms with Gasteiger partial charge in [0.15, 0.2) is 0 Å². The lowest BCUT2D eigenvalue weighted by Gasteiger charge is -2.12. The lowest BCUT2D eigenvalue weighted by molar-refractivity contribution is 0.298. The van der Waals surface area contributed by atoms with Crippen LogP contribution in [-0.2, 0) is 16.4 Å². The van der Waals surface area contributed by atoms with E-state index in [1.807, 2.05) is 6.92 Å². The second-order valence-corrected chi connectivity index (χ2v) is 5.93. The zero-order chi connectivity index (χ0) is 14.3. The highest BCUT2D eigenvalue weighted by atomic mass is 32.2. The Morgan fingerprint density at radius 1 is 1.37 bits per heavy atom. The monoisotopic (exact) mass is 287 g/mol. The largest absolute Gasteiger partial charge is 0.497 e. The molecule has 0 bridgehead atoms. The number of aliphatic hydroxyl groups is 1. The molecule has 19 heavy (non-hydrogen) atoms. The summed E-state index contributed by atoms with van der Waals surface area (Å²) >= 11 is 0. The van der Waals surface area contributed by atoms with Gasteiger partial charge in [0, 0.05) is 13.2 Å². The van der Waals surface area contributed by atoms with Crippen LogP contribution < -0.4 is 9.46 Å². The first kappa shape index (κ1) is 15.9. The number of nitrogens with one attached hydrogen (secondary N) is 1. The number of unbranched alkanes of at least 4 members (excludes halogenated alkanes) is 1. The number of hydrogen-bond donors (Lipinski definition) is 2. The molecular weight excluding hydrogens is 266 g/mol. The summed E-state index contributed by atoms with van der Waals surface area (Å²) in [5.74, 6) is 0.580. The Morgan fingerprint density at radius 3 is 2.68 bits per heavy atom. The summed E-state index contributed by atoms with van der Waals surface area (Å²) in [7, 11) is -2.01. The minimum absolute atomic E-state index is 0.107. The van der Waals surface area contributed by atoms with Crippen molar-refractivity contribution in [1.29, 1.82) is 0 Å². The number of benzene rings is 1. The third kappa shape index (κ3) is 4.49. The van der Waals surface area contributed by atoms with E-state index in [9.17, 15) is 8.42 Å². The van der Waals surface area contributed by atoms with E-state index in [0.29, 0.717) is 17.9 Å². The van der Waals surface area contributed by atoms with Gasteiger partial charge in [-0.1, -0.05) is 13.3 Å². The van der Waals surface area contributed by atoms with Gasteiger partial charge < -0.3 is 9.84 Å². The molecule has 1 rings (SSSR count). The number of ether oxygens (including phenoxy) is 1. The predicted molar refractivity (Wildman–Crippen MR) is 73.9 cm³/mol. The van der Waals surface area contributed by atoms with Crippen molar-refractivity contribution in [2.75, 3.05) is 20.3 Å². The average molecular weight is 287 g/mol. The fourth-order valence-electron chi connectivity index (χ4n) is 1.72. The van der Waals surface area contributed by atoms with Crippen LogP contribution in [0.2, 0.25) is 0 Å². The first-order valence-corrected chi connectivity index (χ1v) is 7.81. The summed E-state index contributed by atoms with van der Waals surface area (Å²) in [5, 5.41) is 9.03. The summed E-state index contributed by atoms with van der Waals surface area (Å²) in [6, 6.07) is 4.76. The molecule has 0 amide bonds. The average Bonchev–Trinajstić information content (AvgIpc) is 2.39. The molecule has 5 nitrogen and oxygen atoms in total. The van der Waals surface area contributed by atoms with Gasteiger partial charge in [0.1, 0.15) is 5.75 Å². The topological polar surface area (TPSA) is 75.6 Å². The molecule has 0 spiro atoms. The van der Waals surface area contributed by atoms with Gasteiger partial charge in [-0.25, -0.2) is 13.1 Å². The van der Waals surface area contributed by atoms with Crippen LogP contribution in [0.15, 0.2) is 23.1 Å². The summed E-state index contributed by atoms with van der Waals surface area (Å²) in [6.45, 7) is 2.31. The molecule has 0 unspecified atom stereocenters. The number of rotatable bonds is 8. The van der Waals surface area contributed by atoms with Crippen LogP contribution in [0.1, 0.15) is 25.3 Å². The van der Waals surface area contributed by atoms with Crippen molar-refractivity contribution in [3.8, 4) is 5.75 Å². The second-order valence-electron chi connectivity index (χ2n) is 4.20. The lowest BCUT2D eigenvalue weighted by Crippen LogP contribution is -2.26. The van der Waals surface area contributed by atoms with Crippen molar-refractivity contribution in [1.82, 2.24) is 4.72 Å². The molecule has 0 aliphatic carbocycles. The standard InChI is InChI=1S/C13H21NO4S/c1-3-4-8-14-19(16,17)13-6-5-12(18-2)10-11(13)7-9-15/h5-6,10,14-15H,3-4,7-9H2,1-2H3. The maximum absolute atomic E-state index is 12.2. The molecule has 0 saturated heterocycles. The van der Waals surface area contributed by atoms with Gasteiger partial charge in [-0.15, -0.1) is 0 Å². The summed E-state index contributed by atoms with van der Waals surface area (Å²) < 4.78 is 32.0. The van der Waals surface area contributed by atoms with Crippen molar-refractivity contribution in [2.45, 2.75) is 31.1 Å². The number of sulfonamides is 1. The maximum atomic E-state index is 12.2. The summed E-state index contributed by atoms with van der Waals surface area (Å²) in [5.41, 5.74) is 0.561. The molecule has 1 aromatic rings. The zero-order valence-electron chi connectivity index (χ0n) is 11.3. The molecule has 0 aromatic heterocycles. The molecule has 0 fully saturated rings. The Morgan fingerprint density at radius 2 is 2.11 bits per heavy atom. The van der Waals surface area contributed by atoms with E-state index >= 15 is 0 Å². The van der Waals surface area contributed by atoms with Crippen molar-refractivity contribution < 1.29 is 18.3 Å². The minimum atomic E-state index is -3.53. The molecule has 0 atom stereocenters. The first-order chi connectivity index (χ1) is 9.05. The Balaban J connectivity index is 3.03. The SMILES string of the molecule is CCCCNS(=O)(=O)c1ccc(OC)cc1CCO. The third-order valence-electron chi connectivity index (χ3n) is 2.76. The van der Waals surface area contributed by atoms with Crippen LogP contribution in [0.3, 0.4) is 0 Å². The Hall–Kier alpha value is -1.11. The smallest absolute Gasteiger partial charge is 0.240 e. The van der Waals surface area contributed by atoms with Crippen LogP contribution in [0.5, 0.6) is 5.75 Å². The molecule has 2 N–H and O–H groups in total. The molecular formula is C13H21NO4S. The number of aliphatic hydroxyl groups excluding tert-OH is 1. The molecule has 0 saturated carbocycles. The zero-order valence-corrected chi connectivity index (χ0v) is 12.2. The molecule has 0 aliphatic rings. The molecule has 1 aromatic carbocycles. The van der Waals surface area contributed by atoms with Gasteiger partial charge in [0.25, 0.3) is 0 Å². The van der Waals surface area contributed by atoms with Crippen LogP contribution in [0, 0.1) is 0 Å². The van der Waals surface area contributed by atoms with Crippen LogP contribution >= 0.6 is 0 Å². The van der Waals surface area contributed by atoms with E-state index in [0.717, 1.165) is 12.8 Å². The van der Waals surface area contributed by atoms with Gasteiger partial charge in [-0.2, -0.15) is 0 Å². The van der Waals surface area contributed by atoms with Crippen LogP contribution in [-0.4, -0.2) is 33.8 Å². The van der Waals surface area contributed by atoms with E-state index in [1.165, 1.54) is 13.2 Å². The van der Waals surface area contributed by atoms with Gasteiger partial charge in [-0.05, 0) is 36.6 Å². The predicted octanol–water partition coefficient (Wildman–Crippen LogP) is 1.31. The van der Waals surface area contributed by atoms with E-state index in [2.05, 4.69) is 4.72 Å². The Kier molecular flexibility index (Phi) is 6.27. The van der Waals surface area contributed by atoms with E-state index in [4.69, 9.17) is 9.84 Å². The highest BCUT2D eigenvalue weighted by Crippen LogP contribution is 2.22. The minimum Gasteiger partial charge on any atom is -0.497 e. The van der Waals surface area contributed by atoms with E-state index in [-0.39, 0.29) is 17.9 Å². The van der Waals surface area contributed by atoms with Gasteiger partial charge >= 0.3 is 0 Å². The normalized spacial score (nSPS) is 11.5.